The molecule has 3 saturated heterocycles. The van der Waals surface area contributed by atoms with Gasteiger partial charge in [0.2, 0.25) is 5.91 Å². The molecule has 2 unspecified atom stereocenters. The Morgan fingerprint density at radius 2 is 2.11 bits per heavy atom. The first kappa shape index (κ1) is 17.7. The fraction of sp³-hybridized carbons (Fsp3) is 0.450. The minimum atomic E-state index is 0.0684. The van der Waals surface area contributed by atoms with Crippen LogP contribution in [0.5, 0.6) is 5.75 Å². The molecule has 0 spiro atoms. The number of methoxy groups -OCH3 is 1. The Labute approximate surface area is 159 Å². The van der Waals surface area contributed by atoms with Crippen molar-refractivity contribution in [1.29, 1.82) is 0 Å². The number of carbonyl (C=O) groups is 1. The van der Waals surface area contributed by atoms with Crippen LogP contribution in [0.25, 0.3) is 0 Å². The molecule has 4 heterocycles. The molecule has 142 valence electrons. The lowest BCUT2D eigenvalue weighted by molar-refractivity contribution is -0.127. The molecule has 1 aromatic carbocycles. The zero-order valence-corrected chi connectivity index (χ0v) is 15.8. The summed E-state index contributed by atoms with van der Waals surface area (Å²) in [5.41, 5.74) is 1.04. The molecule has 3 aliphatic rings. The molecule has 0 aliphatic carbocycles. The van der Waals surface area contributed by atoms with Crippen molar-refractivity contribution in [2.45, 2.75) is 32.0 Å². The summed E-state index contributed by atoms with van der Waals surface area (Å²) in [6.07, 6.45) is 2.96. The van der Waals surface area contributed by atoms with E-state index in [1.54, 1.807) is 7.11 Å². The van der Waals surface area contributed by atoms with E-state index >= 15 is 0 Å². The van der Waals surface area contributed by atoms with E-state index in [4.69, 9.17) is 4.74 Å². The Balaban J connectivity index is 1.28. The van der Waals surface area contributed by atoms with Crippen molar-refractivity contribution in [2.75, 3.05) is 31.6 Å². The van der Waals surface area contributed by atoms with E-state index in [-0.39, 0.29) is 5.91 Å². The van der Waals surface area contributed by atoms with Gasteiger partial charge >= 0.3 is 0 Å². The van der Waals surface area contributed by atoms with Gasteiger partial charge in [-0.3, -0.25) is 9.69 Å². The molecule has 2 aromatic rings. The van der Waals surface area contributed by atoms with Crippen LogP contribution in [0, 0.1) is 6.92 Å². The number of anilines is 1. The maximum absolute atomic E-state index is 12.4. The highest BCUT2D eigenvalue weighted by atomic mass is 16.5. The van der Waals surface area contributed by atoms with Gasteiger partial charge in [-0.25, -0.2) is 9.97 Å². The largest absolute Gasteiger partial charge is 0.497 e. The zero-order valence-electron chi connectivity index (χ0n) is 15.8. The molecule has 3 fully saturated rings. The van der Waals surface area contributed by atoms with E-state index in [0.29, 0.717) is 25.2 Å². The standard InChI is InChI=1S/C20H25N5O2/c1-14-21-7-6-19(23-14)24-11-16-9-17(12-24)25(16)13-20(26)22-10-15-4-3-5-18(8-15)27-2/h3-8,16-17H,9-13H2,1-2H3,(H,22,26). The number of amides is 1. The summed E-state index contributed by atoms with van der Waals surface area (Å²) in [5.74, 6) is 2.65. The van der Waals surface area contributed by atoms with Gasteiger partial charge in [0.1, 0.15) is 17.4 Å². The number of fused-ring (bicyclic) bond motifs is 2. The van der Waals surface area contributed by atoms with Crippen LogP contribution in [0.1, 0.15) is 17.8 Å². The molecule has 0 radical (unpaired) electrons. The Morgan fingerprint density at radius 3 is 2.85 bits per heavy atom. The second-order valence-corrected chi connectivity index (χ2v) is 7.21. The van der Waals surface area contributed by atoms with Gasteiger partial charge in [-0.1, -0.05) is 12.1 Å². The van der Waals surface area contributed by atoms with Gasteiger partial charge in [0.05, 0.1) is 13.7 Å². The summed E-state index contributed by atoms with van der Waals surface area (Å²) in [6.45, 7) is 4.71. The number of nitrogens with zero attached hydrogens (tertiary/aromatic N) is 4. The number of aromatic nitrogens is 2. The molecule has 0 saturated carbocycles. The SMILES string of the molecule is COc1cccc(CNC(=O)CN2C3CC2CN(c2ccnc(C)n2)C3)c1. The average molecular weight is 367 g/mol. The molecule has 1 aromatic heterocycles. The number of hydrogen-bond acceptors (Lipinski definition) is 6. The van der Waals surface area contributed by atoms with Crippen LogP contribution in [0.15, 0.2) is 36.5 Å². The van der Waals surface area contributed by atoms with Gasteiger partial charge in [0.25, 0.3) is 0 Å². The summed E-state index contributed by atoms with van der Waals surface area (Å²) >= 11 is 0. The first-order chi connectivity index (χ1) is 13.1. The number of carbonyl (C=O) groups excluding carboxylic acids is 1. The first-order valence-electron chi connectivity index (χ1n) is 9.32. The summed E-state index contributed by atoms with van der Waals surface area (Å²) in [6, 6.07) is 10.6. The normalized spacial score (nSPS) is 21.5. The van der Waals surface area contributed by atoms with E-state index in [0.717, 1.165) is 42.5 Å². The van der Waals surface area contributed by atoms with Gasteiger partial charge in [-0.15, -0.1) is 0 Å². The van der Waals surface area contributed by atoms with Crippen LogP contribution in [0.4, 0.5) is 5.82 Å². The minimum absolute atomic E-state index is 0.0684. The number of piperidine rings is 1. The Morgan fingerprint density at radius 1 is 1.30 bits per heavy atom. The topological polar surface area (TPSA) is 70.6 Å². The lowest BCUT2D eigenvalue weighted by atomic mass is 9.87. The molecule has 2 bridgehead atoms. The predicted octanol–water partition coefficient (Wildman–Crippen LogP) is 1.37. The van der Waals surface area contributed by atoms with Crippen molar-refractivity contribution < 1.29 is 9.53 Å². The molecule has 27 heavy (non-hydrogen) atoms. The molecular weight excluding hydrogens is 342 g/mol. The van der Waals surface area contributed by atoms with E-state index in [1.807, 2.05) is 43.5 Å². The number of aryl methyl sites for hydroxylation is 1. The maximum atomic E-state index is 12.4. The van der Waals surface area contributed by atoms with Crippen molar-refractivity contribution >= 4 is 11.7 Å². The molecule has 7 heteroatoms. The minimum Gasteiger partial charge on any atom is -0.497 e. The molecule has 3 aliphatic heterocycles. The second-order valence-electron chi connectivity index (χ2n) is 7.21. The second kappa shape index (κ2) is 7.52. The maximum Gasteiger partial charge on any atom is 0.234 e. The molecule has 5 rings (SSSR count). The highest BCUT2D eigenvalue weighted by Gasteiger charge is 2.45. The lowest BCUT2D eigenvalue weighted by Gasteiger charge is -2.56. The number of piperazine rings is 1. The number of ether oxygens (including phenoxy) is 1. The van der Waals surface area contributed by atoms with Crippen LogP contribution in [-0.2, 0) is 11.3 Å². The quantitative estimate of drug-likeness (QED) is 0.832. The van der Waals surface area contributed by atoms with Gasteiger partial charge in [0.15, 0.2) is 0 Å². The van der Waals surface area contributed by atoms with Gasteiger partial charge in [-0.2, -0.15) is 0 Å². The summed E-state index contributed by atoms with van der Waals surface area (Å²) in [7, 11) is 1.65. The Kier molecular flexibility index (Phi) is 4.94. The average Bonchev–Trinajstić information content (AvgIpc) is 2.70. The third-order valence-corrected chi connectivity index (χ3v) is 5.38. The van der Waals surface area contributed by atoms with Gasteiger partial charge < -0.3 is 15.0 Å². The van der Waals surface area contributed by atoms with Crippen LogP contribution in [0.3, 0.4) is 0 Å². The summed E-state index contributed by atoms with van der Waals surface area (Å²) in [4.78, 5) is 25.7. The Bertz CT molecular complexity index is 816. The number of nitrogens with one attached hydrogen (secondary N) is 1. The highest BCUT2D eigenvalue weighted by molar-refractivity contribution is 5.78. The van der Waals surface area contributed by atoms with Crippen LogP contribution >= 0.6 is 0 Å². The van der Waals surface area contributed by atoms with E-state index in [2.05, 4.69) is 25.1 Å². The number of benzene rings is 1. The predicted molar refractivity (Wildman–Crippen MR) is 103 cm³/mol. The molecule has 1 N–H and O–H groups in total. The fourth-order valence-corrected chi connectivity index (χ4v) is 3.96. The molecule has 1 amide bonds. The van der Waals surface area contributed by atoms with E-state index in [9.17, 15) is 4.79 Å². The molecule has 7 nitrogen and oxygen atoms in total. The number of hydrogen-bond donors (Lipinski definition) is 1. The van der Waals surface area contributed by atoms with Crippen LogP contribution in [0.2, 0.25) is 0 Å². The van der Waals surface area contributed by atoms with Crippen LogP contribution < -0.4 is 15.0 Å². The lowest BCUT2D eigenvalue weighted by Crippen LogP contribution is -2.70. The summed E-state index contributed by atoms with van der Waals surface area (Å²) in [5, 5.41) is 3.02. The van der Waals surface area contributed by atoms with E-state index < -0.39 is 0 Å². The third kappa shape index (κ3) is 3.88. The van der Waals surface area contributed by atoms with Crippen molar-refractivity contribution in [3.8, 4) is 5.75 Å². The van der Waals surface area contributed by atoms with E-state index in [1.165, 1.54) is 0 Å². The first-order valence-corrected chi connectivity index (χ1v) is 9.32. The monoisotopic (exact) mass is 367 g/mol. The third-order valence-electron chi connectivity index (χ3n) is 5.38. The smallest absolute Gasteiger partial charge is 0.234 e. The zero-order chi connectivity index (χ0) is 18.8. The molecule has 2 atom stereocenters. The summed E-state index contributed by atoms with van der Waals surface area (Å²) < 4.78 is 5.22. The van der Waals surface area contributed by atoms with Gasteiger partial charge in [0, 0.05) is 37.9 Å². The van der Waals surface area contributed by atoms with Crippen molar-refractivity contribution in [2.24, 2.45) is 0 Å². The van der Waals surface area contributed by atoms with Crippen molar-refractivity contribution in [1.82, 2.24) is 20.2 Å². The molecular formula is C20H25N5O2. The van der Waals surface area contributed by atoms with Crippen molar-refractivity contribution in [3.63, 3.8) is 0 Å². The van der Waals surface area contributed by atoms with Gasteiger partial charge in [-0.05, 0) is 37.1 Å². The number of rotatable bonds is 6. The highest BCUT2D eigenvalue weighted by Crippen LogP contribution is 2.33. The fourth-order valence-electron chi connectivity index (χ4n) is 3.96. The van der Waals surface area contributed by atoms with Crippen LogP contribution in [-0.4, -0.2) is 59.6 Å². The Hall–Kier alpha value is -2.67. The van der Waals surface area contributed by atoms with Crippen molar-refractivity contribution in [3.05, 3.63) is 47.9 Å².